The van der Waals surface area contributed by atoms with Gasteiger partial charge in [-0.25, -0.2) is 22.0 Å². The molecule has 0 spiro atoms. The van der Waals surface area contributed by atoms with Gasteiger partial charge in [0.2, 0.25) is 0 Å². The number of rotatable bonds is 4. The predicted octanol–water partition coefficient (Wildman–Crippen LogP) is 1.19. The largest absolute Gasteiger partial charge is 0.477 e. The second kappa shape index (κ2) is 4.89. The van der Waals surface area contributed by atoms with Crippen molar-refractivity contribution in [2.45, 2.75) is 4.90 Å². The summed E-state index contributed by atoms with van der Waals surface area (Å²) >= 11 is 0. The molecule has 0 radical (unpaired) electrons. The zero-order chi connectivity index (χ0) is 14.9. The summed E-state index contributed by atoms with van der Waals surface area (Å²) in [5, 5.41) is 14.5. The predicted molar refractivity (Wildman–Crippen MR) is 62.7 cm³/mol. The average Bonchev–Trinajstić information content (AvgIpc) is 2.79. The van der Waals surface area contributed by atoms with Gasteiger partial charge in [-0.2, -0.15) is 5.10 Å². The Hall–Kier alpha value is -2.49. The molecule has 0 saturated carbocycles. The first kappa shape index (κ1) is 13.9. The number of halogens is 2. The highest BCUT2D eigenvalue weighted by Crippen LogP contribution is 2.23. The second-order valence-corrected chi connectivity index (χ2v) is 5.28. The summed E-state index contributed by atoms with van der Waals surface area (Å²) in [6, 6.07) is 1.20. The van der Waals surface area contributed by atoms with Gasteiger partial charge in [-0.15, -0.1) is 0 Å². The normalized spacial score (nSPS) is 11.3. The molecule has 0 aliphatic heterocycles. The van der Waals surface area contributed by atoms with Gasteiger partial charge in [0.05, 0.1) is 11.9 Å². The van der Waals surface area contributed by atoms with Crippen molar-refractivity contribution in [1.82, 2.24) is 10.2 Å². The van der Waals surface area contributed by atoms with Crippen LogP contribution < -0.4 is 4.72 Å². The number of nitrogens with one attached hydrogen (secondary N) is 2. The zero-order valence-electron chi connectivity index (χ0n) is 9.59. The lowest BCUT2D eigenvalue weighted by molar-refractivity contribution is 0.0685. The molecule has 3 N–H and O–H groups in total. The molecule has 1 heterocycles. The van der Waals surface area contributed by atoms with E-state index in [9.17, 15) is 22.0 Å². The molecule has 0 aliphatic carbocycles. The number of benzene rings is 1. The Morgan fingerprint density at radius 3 is 2.60 bits per heavy atom. The van der Waals surface area contributed by atoms with E-state index in [1.807, 2.05) is 4.72 Å². The van der Waals surface area contributed by atoms with Crippen molar-refractivity contribution in [1.29, 1.82) is 0 Å². The van der Waals surface area contributed by atoms with Crippen LogP contribution in [0.25, 0.3) is 0 Å². The van der Waals surface area contributed by atoms with E-state index in [1.165, 1.54) is 6.20 Å². The van der Waals surface area contributed by atoms with Crippen molar-refractivity contribution in [2.24, 2.45) is 0 Å². The number of aromatic nitrogens is 2. The number of H-pyrrole nitrogens is 1. The first-order chi connectivity index (χ1) is 9.33. The van der Waals surface area contributed by atoms with E-state index in [1.54, 1.807) is 0 Å². The third-order valence-corrected chi connectivity index (χ3v) is 3.71. The number of nitrogens with zero attached hydrogens (tertiary/aromatic N) is 1. The van der Waals surface area contributed by atoms with Crippen molar-refractivity contribution in [3.63, 3.8) is 0 Å². The van der Waals surface area contributed by atoms with Crippen LogP contribution in [0.5, 0.6) is 0 Å². The minimum atomic E-state index is -4.40. The Morgan fingerprint density at radius 1 is 1.35 bits per heavy atom. The monoisotopic (exact) mass is 303 g/mol. The van der Waals surface area contributed by atoms with Gasteiger partial charge in [-0.1, -0.05) is 0 Å². The Bertz CT molecular complexity index is 759. The van der Waals surface area contributed by atoms with E-state index in [-0.39, 0.29) is 5.69 Å². The lowest BCUT2D eigenvalue weighted by Crippen LogP contribution is -2.17. The molecule has 0 saturated heterocycles. The van der Waals surface area contributed by atoms with E-state index in [4.69, 9.17) is 5.11 Å². The molecule has 106 valence electrons. The van der Waals surface area contributed by atoms with Crippen molar-refractivity contribution in [3.05, 3.63) is 41.7 Å². The Labute approximate surface area is 111 Å². The highest BCUT2D eigenvalue weighted by Gasteiger charge is 2.27. The number of anilines is 1. The summed E-state index contributed by atoms with van der Waals surface area (Å²) in [7, 11) is -4.40. The molecule has 2 rings (SSSR count). The number of carboxylic acid groups (broad SMARTS) is 1. The minimum Gasteiger partial charge on any atom is -0.477 e. The summed E-state index contributed by atoms with van der Waals surface area (Å²) in [4.78, 5) is 9.75. The molecule has 2 aromatic rings. The van der Waals surface area contributed by atoms with Gasteiger partial charge < -0.3 is 5.11 Å². The fraction of sp³-hybridized carbons (Fsp3) is 0. The van der Waals surface area contributed by atoms with Crippen LogP contribution in [0, 0.1) is 11.6 Å². The molecule has 1 aromatic carbocycles. The third-order valence-electron chi connectivity index (χ3n) is 2.31. The maximum Gasteiger partial charge on any atom is 0.341 e. The summed E-state index contributed by atoms with van der Waals surface area (Å²) in [5.41, 5.74) is -1.31. The standard InChI is InChI=1S/C10H7F2N3O4S/c11-6-1-2-7(9(12)8(6)10(16)17)20(18,19)15-5-3-13-14-4-5/h1-4,15H,(H,13,14)(H,16,17). The van der Waals surface area contributed by atoms with Gasteiger partial charge in [0.15, 0.2) is 5.82 Å². The van der Waals surface area contributed by atoms with E-state index in [0.29, 0.717) is 12.1 Å². The van der Waals surface area contributed by atoms with E-state index in [0.717, 1.165) is 6.20 Å². The smallest absolute Gasteiger partial charge is 0.341 e. The quantitative estimate of drug-likeness (QED) is 0.785. The molecular weight excluding hydrogens is 296 g/mol. The van der Waals surface area contributed by atoms with Crippen LogP contribution in [-0.2, 0) is 10.0 Å². The molecule has 10 heteroatoms. The van der Waals surface area contributed by atoms with E-state index in [2.05, 4.69) is 10.2 Å². The number of carbonyl (C=O) groups is 1. The summed E-state index contributed by atoms with van der Waals surface area (Å²) < 4.78 is 52.8. The average molecular weight is 303 g/mol. The van der Waals surface area contributed by atoms with Crippen LogP contribution in [0.2, 0.25) is 0 Å². The molecule has 0 amide bonds. The lowest BCUT2D eigenvalue weighted by atomic mass is 10.2. The number of carboxylic acids is 1. The van der Waals surface area contributed by atoms with Crippen LogP contribution >= 0.6 is 0 Å². The first-order valence-corrected chi connectivity index (χ1v) is 6.54. The lowest BCUT2D eigenvalue weighted by Gasteiger charge is -2.08. The zero-order valence-corrected chi connectivity index (χ0v) is 10.4. The third kappa shape index (κ3) is 2.45. The van der Waals surface area contributed by atoms with Crippen LogP contribution in [-0.4, -0.2) is 29.7 Å². The molecular formula is C10H7F2N3O4S. The maximum absolute atomic E-state index is 13.8. The van der Waals surface area contributed by atoms with Gasteiger partial charge in [-0.05, 0) is 12.1 Å². The van der Waals surface area contributed by atoms with E-state index < -0.39 is 38.1 Å². The highest BCUT2D eigenvalue weighted by molar-refractivity contribution is 7.92. The van der Waals surface area contributed by atoms with Crippen LogP contribution in [0.1, 0.15) is 10.4 Å². The van der Waals surface area contributed by atoms with Gasteiger partial charge in [0.25, 0.3) is 10.0 Å². The number of hydrogen-bond donors (Lipinski definition) is 3. The van der Waals surface area contributed by atoms with Crippen molar-refractivity contribution >= 4 is 21.7 Å². The van der Waals surface area contributed by atoms with Crippen molar-refractivity contribution in [3.8, 4) is 0 Å². The number of aromatic carboxylic acids is 1. The van der Waals surface area contributed by atoms with Crippen molar-refractivity contribution in [2.75, 3.05) is 4.72 Å². The Morgan fingerprint density at radius 2 is 2.05 bits per heavy atom. The maximum atomic E-state index is 13.8. The van der Waals surface area contributed by atoms with E-state index >= 15 is 0 Å². The highest BCUT2D eigenvalue weighted by atomic mass is 32.2. The number of hydrogen-bond acceptors (Lipinski definition) is 4. The molecule has 0 bridgehead atoms. The van der Waals surface area contributed by atoms with Gasteiger partial charge in [0, 0.05) is 6.20 Å². The molecule has 0 aliphatic rings. The summed E-state index contributed by atoms with van der Waals surface area (Å²) in [6.45, 7) is 0. The van der Waals surface area contributed by atoms with Gasteiger partial charge in [-0.3, -0.25) is 9.82 Å². The Kier molecular flexibility index (Phi) is 3.40. The summed E-state index contributed by atoms with van der Waals surface area (Å²) in [6.07, 6.45) is 2.31. The molecule has 20 heavy (non-hydrogen) atoms. The second-order valence-electron chi connectivity index (χ2n) is 3.63. The van der Waals surface area contributed by atoms with Crippen molar-refractivity contribution < 1.29 is 27.1 Å². The molecule has 7 nitrogen and oxygen atoms in total. The van der Waals surface area contributed by atoms with Gasteiger partial charge >= 0.3 is 5.97 Å². The Balaban J connectivity index is 2.53. The molecule has 0 atom stereocenters. The van der Waals surface area contributed by atoms with Crippen LogP contribution in [0.3, 0.4) is 0 Å². The molecule has 0 fully saturated rings. The topological polar surface area (TPSA) is 112 Å². The molecule has 0 unspecified atom stereocenters. The minimum absolute atomic E-state index is 0.0191. The van der Waals surface area contributed by atoms with Gasteiger partial charge in [0.1, 0.15) is 16.3 Å². The fourth-order valence-electron chi connectivity index (χ4n) is 1.45. The van der Waals surface area contributed by atoms with Crippen LogP contribution in [0.4, 0.5) is 14.5 Å². The number of sulfonamides is 1. The summed E-state index contributed by atoms with van der Waals surface area (Å²) in [5.74, 6) is -4.94. The molecule has 1 aromatic heterocycles. The first-order valence-electron chi connectivity index (χ1n) is 5.06. The van der Waals surface area contributed by atoms with Crippen LogP contribution in [0.15, 0.2) is 29.4 Å². The fourth-order valence-corrected chi connectivity index (χ4v) is 2.57. The SMILES string of the molecule is O=C(O)c1c(F)ccc(S(=O)(=O)Nc2cn[nH]c2)c1F. The number of aromatic amines is 1.